The second-order valence-corrected chi connectivity index (χ2v) is 4.75. The third-order valence-corrected chi connectivity index (χ3v) is 3.40. The van der Waals surface area contributed by atoms with Crippen LogP contribution in [0.1, 0.15) is 12.1 Å². The summed E-state index contributed by atoms with van der Waals surface area (Å²) >= 11 is 1.68. The number of aliphatic hydroxyl groups excluding tert-OH is 1. The maximum atomic E-state index is 11.8. The van der Waals surface area contributed by atoms with E-state index in [2.05, 4.69) is 4.98 Å². The van der Waals surface area contributed by atoms with Gasteiger partial charge in [-0.1, -0.05) is 6.07 Å². The third kappa shape index (κ3) is 3.08. The van der Waals surface area contributed by atoms with E-state index in [0.717, 1.165) is 17.9 Å². The highest BCUT2D eigenvalue weighted by Crippen LogP contribution is 2.10. The summed E-state index contributed by atoms with van der Waals surface area (Å²) in [5.41, 5.74) is 1.43. The van der Waals surface area contributed by atoms with Crippen LogP contribution in [0.15, 0.2) is 35.3 Å². The molecule has 0 saturated carbocycles. The van der Waals surface area contributed by atoms with E-state index in [9.17, 15) is 4.79 Å². The molecule has 0 aliphatic heterocycles. The van der Waals surface area contributed by atoms with Crippen molar-refractivity contribution in [3.63, 3.8) is 0 Å². The van der Waals surface area contributed by atoms with Gasteiger partial charge in [-0.2, -0.15) is 11.8 Å². The van der Waals surface area contributed by atoms with Gasteiger partial charge in [0.2, 0.25) is 0 Å². The minimum absolute atomic E-state index is 0.0478. The third-order valence-electron chi connectivity index (χ3n) is 2.32. The van der Waals surface area contributed by atoms with Gasteiger partial charge in [0.1, 0.15) is 5.65 Å². The Morgan fingerprint density at radius 3 is 3.12 bits per heavy atom. The van der Waals surface area contributed by atoms with E-state index in [1.54, 1.807) is 24.0 Å². The zero-order chi connectivity index (χ0) is 12.1. The topological polar surface area (TPSA) is 54.6 Å². The summed E-state index contributed by atoms with van der Waals surface area (Å²) in [5, 5.41) is 8.67. The highest BCUT2D eigenvalue weighted by atomic mass is 32.2. The summed E-state index contributed by atoms with van der Waals surface area (Å²) in [5.74, 6) is 1.59. The Morgan fingerprint density at radius 1 is 1.41 bits per heavy atom. The molecular formula is C12H14N2O2S. The molecule has 0 atom stereocenters. The van der Waals surface area contributed by atoms with Gasteiger partial charge >= 0.3 is 0 Å². The van der Waals surface area contributed by atoms with Crippen LogP contribution in [-0.4, -0.2) is 26.9 Å². The van der Waals surface area contributed by atoms with Crippen molar-refractivity contribution in [2.45, 2.75) is 12.2 Å². The van der Waals surface area contributed by atoms with Crippen LogP contribution < -0.4 is 5.56 Å². The lowest BCUT2D eigenvalue weighted by Crippen LogP contribution is -2.14. The van der Waals surface area contributed by atoms with E-state index in [1.807, 2.05) is 18.2 Å². The summed E-state index contributed by atoms with van der Waals surface area (Å²) < 4.78 is 1.53. The van der Waals surface area contributed by atoms with Crippen LogP contribution in [0.2, 0.25) is 0 Å². The highest BCUT2D eigenvalue weighted by molar-refractivity contribution is 7.98. The molecule has 17 heavy (non-hydrogen) atoms. The van der Waals surface area contributed by atoms with Gasteiger partial charge in [0.15, 0.2) is 0 Å². The predicted octanol–water partition coefficient (Wildman–Crippen LogP) is 1.31. The first-order chi connectivity index (χ1) is 8.31. The van der Waals surface area contributed by atoms with Crippen LogP contribution in [0, 0.1) is 0 Å². The number of hydrogen-bond acceptors (Lipinski definition) is 4. The Kier molecular flexibility index (Phi) is 4.17. The van der Waals surface area contributed by atoms with Gasteiger partial charge in [-0.3, -0.25) is 9.20 Å². The van der Waals surface area contributed by atoms with Crippen LogP contribution >= 0.6 is 11.8 Å². The smallest absolute Gasteiger partial charge is 0.258 e. The van der Waals surface area contributed by atoms with Gasteiger partial charge in [-0.05, 0) is 24.3 Å². The van der Waals surface area contributed by atoms with Crippen molar-refractivity contribution < 1.29 is 5.11 Å². The van der Waals surface area contributed by atoms with Gasteiger partial charge in [-0.15, -0.1) is 0 Å². The van der Waals surface area contributed by atoms with Crippen molar-refractivity contribution in [3.05, 3.63) is 46.5 Å². The number of rotatable bonds is 5. The zero-order valence-corrected chi connectivity index (χ0v) is 10.2. The Bertz CT molecular complexity index is 553. The molecule has 0 unspecified atom stereocenters. The minimum Gasteiger partial charge on any atom is -0.396 e. The first-order valence-corrected chi connectivity index (χ1v) is 6.62. The van der Waals surface area contributed by atoms with Gasteiger partial charge in [0.05, 0.1) is 5.69 Å². The normalized spacial score (nSPS) is 10.9. The Morgan fingerprint density at radius 2 is 2.29 bits per heavy atom. The van der Waals surface area contributed by atoms with E-state index in [4.69, 9.17) is 5.11 Å². The molecule has 4 nitrogen and oxygen atoms in total. The Balaban J connectivity index is 2.16. The van der Waals surface area contributed by atoms with Gasteiger partial charge in [-0.25, -0.2) is 4.98 Å². The molecule has 5 heteroatoms. The van der Waals surface area contributed by atoms with E-state index in [1.165, 1.54) is 4.40 Å². The summed E-state index contributed by atoms with van der Waals surface area (Å²) in [4.78, 5) is 16.2. The van der Waals surface area contributed by atoms with E-state index >= 15 is 0 Å². The lowest BCUT2D eigenvalue weighted by Gasteiger charge is -2.03. The second kappa shape index (κ2) is 5.84. The van der Waals surface area contributed by atoms with Crippen molar-refractivity contribution >= 4 is 17.4 Å². The fourth-order valence-electron chi connectivity index (χ4n) is 1.52. The zero-order valence-electron chi connectivity index (χ0n) is 9.37. The molecule has 0 bridgehead atoms. The molecule has 2 aromatic heterocycles. The van der Waals surface area contributed by atoms with Crippen molar-refractivity contribution in [2.24, 2.45) is 0 Å². The maximum Gasteiger partial charge on any atom is 0.258 e. The van der Waals surface area contributed by atoms with Crippen LogP contribution in [0.25, 0.3) is 5.65 Å². The maximum absolute atomic E-state index is 11.8. The van der Waals surface area contributed by atoms with E-state index in [-0.39, 0.29) is 12.2 Å². The number of nitrogens with zero attached hydrogens (tertiary/aromatic N) is 2. The number of hydrogen-bond donors (Lipinski definition) is 1. The quantitative estimate of drug-likeness (QED) is 0.813. The van der Waals surface area contributed by atoms with Crippen LogP contribution in [-0.2, 0) is 5.75 Å². The van der Waals surface area contributed by atoms with Gasteiger partial charge in [0, 0.05) is 24.6 Å². The number of aliphatic hydroxyl groups is 1. The summed E-state index contributed by atoms with van der Waals surface area (Å²) in [6.45, 7) is 0.209. The molecule has 0 spiro atoms. The largest absolute Gasteiger partial charge is 0.396 e. The fraction of sp³-hybridized carbons (Fsp3) is 0.333. The number of thioether (sulfide) groups is 1. The van der Waals surface area contributed by atoms with E-state index in [0.29, 0.717) is 11.4 Å². The number of fused-ring (bicyclic) bond motifs is 1. The SMILES string of the molecule is O=c1cc(CSCCCO)nc2ccccn12. The average Bonchev–Trinajstić information content (AvgIpc) is 2.35. The van der Waals surface area contributed by atoms with Crippen molar-refractivity contribution in [1.29, 1.82) is 0 Å². The lowest BCUT2D eigenvalue weighted by molar-refractivity contribution is 0.296. The molecule has 0 amide bonds. The monoisotopic (exact) mass is 250 g/mol. The number of pyridine rings is 1. The average molecular weight is 250 g/mol. The molecule has 0 fully saturated rings. The molecule has 0 saturated heterocycles. The summed E-state index contributed by atoms with van der Waals surface area (Å²) in [7, 11) is 0. The molecule has 0 radical (unpaired) electrons. The lowest BCUT2D eigenvalue weighted by atomic mass is 10.4. The fourth-order valence-corrected chi connectivity index (χ4v) is 2.35. The van der Waals surface area contributed by atoms with Crippen molar-refractivity contribution in [1.82, 2.24) is 9.38 Å². The molecular weight excluding hydrogens is 236 g/mol. The highest BCUT2D eigenvalue weighted by Gasteiger charge is 2.01. The van der Waals surface area contributed by atoms with Crippen molar-refractivity contribution in [2.75, 3.05) is 12.4 Å². The molecule has 2 rings (SSSR count). The van der Waals surface area contributed by atoms with Gasteiger partial charge in [0.25, 0.3) is 5.56 Å². The molecule has 90 valence electrons. The minimum atomic E-state index is -0.0478. The molecule has 0 aliphatic carbocycles. The molecule has 0 aliphatic rings. The molecule has 2 heterocycles. The first kappa shape index (κ1) is 12.1. The molecule has 1 N–H and O–H groups in total. The van der Waals surface area contributed by atoms with E-state index < -0.39 is 0 Å². The van der Waals surface area contributed by atoms with Crippen LogP contribution in [0.4, 0.5) is 0 Å². The van der Waals surface area contributed by atoms with Crippen LogP contribution in [0.3, 0.4) is 0 Å². The van der Waals surface area contributed by atoms with Crippen LogP contribution in [0.5, 0.6) is 0 Å². The number of aromatic nitrogens is 2. The predicted molar refractivity (Wildman–Crippen MR) is 69.3 cm³/mol. The Labute approximate surface area is 103 Å². The van der Waals surface area contributed by atoms with Crippen molar-refractivity contribution in [3.8, 4) is 0 Å². The van der Waals surface area contributed by atoms with Gasteiger partial charge < -0.3 is 5.11 Å². The summed E-state index contributed by atoms with van der Waals surface area (Å²) in [6, 6.07) is 7.07. The molecule has 2 aromatic rings. The first-order valence-electron chi connectivity index (χ1n) is 5.47. The summed E-state index contributed by atoms with van der Waals surface area (Å²) in [6.07, 6.45) is 2.49. The standard InChI is InChI=1S/C12H14N2O2S/c15-6-3-7-17-9-10-8-12(16)14-5-2-1-4-11(14)13-10/h1-2,4-5,8,15H,3,6-7,9H2. The Hall–Kier alpha value is -1.33. The second-order valence-electron chi connectivity index (χ2n) is 3.64. The molecule has 0 aromatic carbocycles.